The molecule has 29 heavy (non-hydrogen) atoms. The average molecular weight is 401 g/mol. The van der Waals surface area contributed by atoms with E-state index in [1.54, 1.807) is 0 Å². The molecule has 0 saturated heterocycles. The Kier molecular flexibility index (Phi) is 6.32. The molecular weight excluding hydrogens is 356 g/mol. The summed E-state index contributed by atoms with van der Waals surface area (Å²) < 4.78 is 0. The van der Waals surface area contributed by atoms with Gasteiger partial charge in [-0.3, -0.25) is 4.79 Å². The maximum absolute atomic E-state index is 13.3. The summed E-state index contributed by atoms with van der Waals surface area (Å²) in [7, 11) is 0. The van der Waals surface area contributed by atoms with Gasteiger partial charge in [-0.1, -0.05) is 64.9 Å². The molecule has 0 spiro atoms. The van der Waals surface area contributed by atoms with E-state index >= 15 is 0 Å². The standard InChI is InChI=1S/C27H44O2/c1-4-5-6-7-8-9-10-19-11-12-22-25-23(14-16-26(19,22)2)27(3)15-13-21(28)17-20(27)18-24(25)29/h18-19,21-23,25,28H,4-17H2,1-3H3/t19-,21?,22?,23?,25?,26+,27-/m0/s1. The van der Waals surface area contributed by atoms with Gasteiger partial charge in [-0.25, -0.2) is 0 Å². The maximum Gasteiger partial charge on any atom is 0.159 e. The molecule has 7 atom stereocenters. The SMILES string of the molecule is CCCCCCCC[C@H]1CCC2C3C(=O)C=C4CC(O)CC[C@]4(C)C3CC[C@@]21C. The first-order valence-electron chi connectivity index (χ1n) is 12.8. The molecule has 3 saturated carbocycles. The fourth-order valence-electron chi connectivity index (χ4n) is 8.14. The quantitative estimate of drug-likeness (QED) is 0.474. The topological polar surface area (TPSA) is 37.3 Å². The molecule has 0 aromatic carbocycles. The second-order valence-electron chi connectivity index (χ2n) is 11.5. The highest BCUT2D eigenvalue weighted by atomic mass is 16.3. The van der Waals surface area contributed by atoms with Gasteiger partial charge >= 0.3 is 0 Å². The van der Waals surface area contributed by atoms with E-state index in [4.69, 9.17) is 0 Å². The fraction of sp³-hybridized carbons (Fsp3) is 0.889. The second kappa shape index (κ2) is 8.48. The van der Waals surface area contributed by atoms with Gasteiger partial charge in [0.15, 0.2) is 5.78 Å². The molecule has 164 valence electrons. The van der Waals surface area contributed by atoms with Crippen molar-refractivity contribution in [1.29, 1.82) is 0 Å². The number of rotatable bonds is 7. The van der Waals surface area contributed by atoms with Gasteiger partial charge in [0.1, 0.15) is 0 Å². The molecule has 2 nitrogen and oxygen atoms in total. The highest BCUT2D eigenvalue weighted by molar-refractivity contribution is 5.94. The maximum atomic E-state index is 13.3. The molecule has 1 N–H and O–H groups in total. The monoisotopic (exact) mass is 400 g/mol. The van der Waals surface area contributed by atoms with E-state index in [-0.39, 0.29) is 17.4 Å². The Morgan fingerprint density at radius 1 is 0.966 bits per heavy atom. The number of fused-ring (bicyclic) bond motifs is 5. The van der Waals surface area contributed by atoms with Crippen LogP contribution in [0.3, 0.4) is 0 Å². The van der Waals surface area contributed by atoms with Gasteiger partial charge in [-0.15, -0.1) is 0 Å². The van der Waals surface area contributed by atoms with E-state index in [0.29, 0.717) is 23.0 Å². The summed E-state index contributed by atoms with van der Waals surface area (Å²) in [6.45, 7) is 7.25. The summed E-state index contributed by atoms with van der Waals surface area (Å²) in [6.07, 6.45) is 19.3. The Balaban J connectivity index is 1.45. The lowest BCUT2D eigenvalue weighted by atomic mass is 9.47. The van der Waals surface area contributed by atoms with Crippen LogP contribution in [-0.2, 0) is 4.79 Å². The zero-order valence-corrected chi connectivity index (χ0v) is 19.2. The number of allylic oxidation sites excluding steroid dienone is 1. The summed E-state index contributed by atoms with van der Waals surface area (Å²) in [4.78, 5) is 13.3. The molecule has 4 unspecified atom stereocenters. The molecule has 0 bridgehead atoms. The number of carbonyl (C=O) groups is 1. The normalized spacial score (nSPS) is 44.1. The van der Waals surface area contributed by atoms with Crippen molar-refractivity contribution in [3.63, 3.8) is 0 Å². The Bertz CT molecular complexity index is 636. The number of carbonyl (C=O) groups excluding carboxylic acids is 1. The van der Waals surface area contributed by atoms with Crippen LogP contribution in [0.25, 0.3) is 0 Å². The minimum Gasteiger partial charge on any atom is -0.393 e. The second-order valence-corrected chi connectivity index (χ2v) is 11.5. The van der Waals surface area contributed by atoms with Gasteiger partial charge in [0.2, 0.25) is 0 Å². The Morgan fingerprint density at radius 3 is 2.52 bits per heavy atom. The number of aliphatic hydroxyl groups excluding tert-OH is 1. The first-order valence-corrected chi connectivity index (χ1v) is 12.8. The summed E-state index contributed by atoms with van der Waals surface area (Å²) >= 11 is 0. The van der Waals surface area contributed by atoms with Gasteiger partial charge in [0, 0.05) is 5.92 Å². The first-order chi connectivity index (χ1) is 13.9. The van der Waals surface area contributed by atoms with Gasteiger partial charge in [-0.2, -0.15) is 0 Å². The lowest BCUT2D eigenvalue weighted by Gasteiger charge is -2.57. The van der Waals surface area contributed by atoms with Gasteiger partial charge < -0.3 is 5.11 Å². The molecular formula is C27H44O2. The van der Waals surface area contributed by atoms with E-state index < -0.39 is 0 Å². The van der Waals surface area contributed by atoms with E-state index in [1.807, 2.05) is 6.08 Å². The van der Waals surface area contributed by atoms with Crippen molar-refractivity contribution in [2.45, 2.75) is 117 Å². The van der Waals surface area contributed by atoms with Crippen molar-refractivity contribution >= 4 is 5.78 Å². The number of aliphatic hydroxyl groups is 1. The van der Waals surface area contributed by atoms with E-state index in [2.05, 4.69) is 20.8 Å². The van der Waals surface area contributed by atoms with Crippen LogP contribution in [0.15, 0.2) is 11.6 Å². The van der Waals surface area contributed by atoms with Crippen LogP contribution >= 0.6 is 0 Å². The van der Waals surface area contributed by atoms with Crippen molar-refractivity contribution in [3.8, 4) is 0 Å². The lowest BCUT2D eigenvalue weighted by Crippen LogP contribution is -2.53. The number of hydrogen-bond donors (Lipinski definition) is 1. The third kappa shape index (κ3) is 3.77. The van der Waals surface area contributed by atoms with Crippen LogP contribution in [0, 0.1) is 34.5 Å². The minimum absolute atomic E-state index is 0.163. The van der Waals surface area contributed by atoms with Crippen molar-refractivity contribution in [2.75, 3.05) is 0 Å². The predicted octanol–water partition coefficient (Wildman–Crippen LogP) is 6.86. The van der Waals surface area contributed by atoms with Crippen LogP contribution < -0.4 is 0 Å². The van der Waals surface area contributed by atoms with E-state index in [0.717, 1.165) is 25.2 Å². The molecule has 0 aliphatic heterocycles. The average Bonchev–Trinajstić information content (AvgIpc) is 3.02. The highest BCUT2D eigenvalue weighted by Crippen LogP contribution is 2.66. The van der Waals surface area contributed by atoms with Crippen LogP contribution in [0.5, 0.6) is 0 Å². The largest absolute Gasteiger partial charge is 0.393 e. The number of unbranched alkanes of at least 4 members (excludes halogenated alkanes) is 5. The molecule has 0 aromatic heterocycles. The van der Waals surface area contributed by atoms with E-state index in [9.17, 15) is 9.90 Å². The molecule has 4 aliphatic rings. The first kappa shape index (κ1) is 21.6. The lowest BCUT2D eigenvalue weighted by molar-refractivity contribution is -0.134. The summed E-state index contributed by atoms with van der Waals surface area (Å²) in [5.41, 5.74) is 1.82. The van der Waals surface area contributed by atoms with Crippen molar-refractivity contribution in [1.82, 2.24) is 0 Å². The summed E-state index contributed by atoms with van der Waals surface area (Å²) in [5, 5.41) is 10.2. The summed E-state index contributed by atoms with van der Waals surface area (Å²) in [6, 6.07) is 0. The third-order valence-corrected chi connectivity index (χ3v) is 10.0. The minimum atomic E-state index is -0.235. The fourth-order valence-corrected chi connectivity index (χ4v) is 8.14. The third-order valence-electron chi connectivity index (χ3n) is 10.0. The van der Waals surface area contributed by atoms with Crippen LogP contribution in [0.2, 0.25) is 0 Å². The molecule has 0 heterocycles. The van der Waals surface area contributed by atoms with Gasteiger partial charge in [0.25, 0.3) is 0 Å². The molecule has 0 radical (unpaired) electrons. The van der Waals surface area contributed by atoms with Gasteiger partial charge in [0.05, 0.1) is 6.10 Å². The van der Waals surface area contributed by atoms with Crippen LogP contribution in [0.1, 0.15) is 111 Å². The highest BCUT2D eigenvalue weighted by Gasteiger charge is 2.60. The Hall–Kier alpha value is -0.630. The molecule has 0 amide bonds. The predicted molar refractivity (Wildman–Crippen MR) is 120 cm³/mol. The smallest absolute Gasteiger partial charge is 0.159 e. The van der Waals surface area contributed by atoms with Crippen molar-refractivity contribution in [2.24, 2.45) is 34.5 Å². The zero-order chi connectivity index (χ0) is 20.6. The molecule has 4 aliphatic carbocycles. The van der Waals surface area contributed by atoms with E-state index in [1.165, 1.54) is 76.2 Å². The molecule has 3 fully saturated rings. The zero-order valence-electron chi connectivity index (χ0n) is 19.2. The summed E-state index contributed by atoms with van der Waals surface area (Å²) in [5.74, 6) is 2.62. The van der Waals surface area contributed by atoms with Crippen molar-refractivity contribution < 1.29 is 9.90 Å². The van der Waals surface area contributed by atoms with Crippen LogP contribution in [-0.4, -0.2) is 17.0 Å². The van der Waals surface area contributed by atoms with Crippen LogP contribution in [0.4, 0.5) is 0 Å². The Morgan fingerprint density at radius 2 is 1.72 bits per heavy atom. The molecule has 0 aromatic rings. The number of hydrogen-bond acceptors (Lipinski definition) is 2. The molecule has 4 rings (SSSR count). The Labute approximate surface area is 178 Å². The molecule has 2 heteroatoms. The number of ketones is 1. The van der Waals surface area contributed by atoms with Crippen molar-refractivity contribution in [3.05, 3.63) is 11.6 Å². The van der Waals surface area contributed by atoms with Gasteiger partial charge in [-0.05, 0) is 86.0 Å².